The Morgan fingerprint density at radius 2 is 2.00 bits per heavy atom. The molecule has 1 aromatic carbocycles. The number of hydrogen-bond acceptors (Lipinski definition) is 3. The number of likely N-dealkylation sites (N-methyl/N-ethyl adjacent to an activating group) is 1. The van der Waals surface area contributed by atoms with Gasteiger partial charge in [0.05, 0.1) is 0 Å². The maximum atomic E-state index is 12.5. The van der Waals surface area contributed by atoms with Gasteiger partial charge in [-0.1, -0.05) is 31.2 Å². The monoisotopic (exact) mass is 284 g/mol. The van der Waals surface area contributed by atoms with E-state index >= 15 is 0 Å². The average Bonchev–Trinajstić information content (AvgIpc) is 2.54. The van der Waals surface area contributed by atoms with E-state index in [1.165, 1.54) is 0 Å². The number of amides is 1. The summed E-state index contributed by atoms with van der Waals surface area (Å²) in [7, 11) is 1.78. The van der Waals surface area contributed by atoms with Crippen LogP contribution in [0.4, 0.5) is 0 Å². The summed E-state index contributed by atoms with van der Waals surface area (Å²) in [6.45, 7) is 2.48. The highest BCUT2D eigenvalue weighted by atomic mass is 16.5. The molecule has 4 heteroatoms. The molecule has 0 fully saturated rings. The Kier molecular flexibility index (Phi) is 5.32. The summed E-state index contributed by atoms with van der Waals surface area (Å²) in [6, 6.07) is 13.2. The van der Waals surface area contributed by atoms with Crippen LogP contribution in [0, 0.1) is 0 Å². The zero-order chi connectivity index (χ0) is 15.1. The zero-order valence-electron chi connectivity index (χ0n) is 12.4. The van der Waals surface area contributed by atoms with Gasteiger partial charge in [0.15, 0.2) is 6.10 Å². The molecule has 1 atom stereocenters. The fourth-order valence-electron chi connectivity index (χ4n) is 2.06. The van der Waals surface area contributed by atoms with Gasteiger partial charge >= 0.3 is 0 Å². The Labute approximate surface area is 125 Å². The number of rotatable bonds is 6. The first kappa shape index (κ1) is 15.0. The second-order valence-electron chi connectivity index (χ2n) is 4.88. The molecule has 0 unspecified atom stereocenters. The van der Waals surface area contributed by atoms with Gasteiger partial charge in [0, 0.05) is 26.0 Å². The molecule has 0 N–H and O–H groups in total. The minimum atomic E-state index is -0.464. The summed E-state index contributed by atoms with van der Waals surface area (Å²) in [4.78, 5) is 18.2. The molecule has 0 aliphatic rings. The van der Waals surface area contributed by atoms with Gasteiger partial charge in [0.1, 0.15) is 5.75 Å². The van der Waals surface area contributed by atoms with E-state index < -0.39 is 6.10 Å². The molecule has 0 saturated heterocycles. The Balaban J connectivity index is 1.99. The number of benzene rings is 1. The van der Waals surface area contributed by atoms with Gasteiger partial charge in [-0.05, 0) is 30.2 Å². The van der Waals surface area contributed by atoms with Gasteiger partial charge in [-0.3, -0.25) is 9.78 Å². The molecular weight excluding hydrogens is 264 g/mol. The maximum Gasteiger partial charge on any atom is 0.263 e. The van der Waals surface area contributed by atoms with Gasteiger partial charge in [-0.25, -0.2) is 0 Å². The van der Waals surface area contributed by atoms with E-state index in [0.717, 1.165) is 5.56 Å². The highest BCUT2D eigenvalue weighted by Crippen LogP contribution is 2.14. The van der Waals surface area contributed by atoms with Crippen LogP contribution < -0.4 is 4.74 Å². The number of hydrogen-bond donors (Lipinski definition) is 0. The van der Waals surface area contributed by atoms with Crippen LogP contribution in [-0.4, -0.2) is 28.9 Å². The van der Waals surface area contributed by atoms with E-state index in [1.807, 2.05) is 49.4 Å². The van der Waals surface area contributed by atoms with E-state index in [-0.39, 0.29) is 5.91 Å². The van der Waals surface area contributed by atoms with Crippen molar-refractivity contribution in [2.75, 3.05) is 7.05 Å². The minimum Gasteiger partial charge on any atom is -0.481 e. The summed E-state index contributed by atoms with van der Waals surface area (Å²) in [6.07, 6.45) is 3.65. The van der Waals surface area contributed by atoms with Crippen molar-refractivity contribution in [3.63, 3.8) is 0 Å². The van der Waals surface area contributed by atoms with E-state index in [0.29, 0.717) is 18.7 Å². The van der Waals surface area contributed by atoms with Crippen LogP contribution in [0.2, 0.25) is 0 Å². The molecule has 2 rings (SSSR count). The summed E-state index contributed by atoms with van der Waals surface area (Å²) in [5, 5.41) is 0. The van der Waals surface area contributed by atoms with E-state index in [1.54, 1.807) is 24.3 Å². The second-order valence-corrected chi connectivity index (χ2v) is 4.88. The molecule has 0 radical (unpaired) electrons. The second kappa shape index (κ2) is 7.43. The molecule has 0 aliphatic heterocycles. The quantitative estimate of drug-likeness (QED) is 0.819. The van der Waals surface area contributed by atoms with Gasteiger partial charge in [0.2, 0.25) is 0 Å². The topological polar surface area (TPSA) is 42.4 Å². The number of carbonyl (C=O) groups excluding carboxylic acids is 1. The van der Waals surface area contributed by atoms with Gasteiger partial charge in [-0.15, -0.1) is 0 Å². The largest absolute Gasteiger partial charge is 0.481 e. The third kappa shape index (κ3) is 4.31. The number of nitrogens with zero attached hydrogens (tertiary/aromatic N) is 2. The molecule has 4 nitrogen and oxygen atoms in total. The molecule has 0 aliphatic carbocycles. The van der Waals surface area contributed by atoms with Crippen LogP contribution in [-0.2, 0) is 11.3 Å². The number of aromatic nitrogens is 1. The lowest BCUT2D eigenvalue weighted by molar-refractivity contribution is -0.138. The third-order valence-corrected chi connectivity index (χ3v) is 3.19. The van der Waals surface area contributed by atoms with Crippen LogP contribution >= 0.6 is 0 Å². The van der Waals surface area contributed by atoms with E-state index in [2.05, 4.69) is 4.98 Å². The number of para-hydroxylation sites is 1. The lowest BCUT2D eigenvalue weighted by atomic mass is 10.2. The summed E-state index contributed by atoms with van der Waals surface area (Å²) in [5.74, 6) is 0.692. The standard InChI is InChI=1S/C17H20N2O2/c1-3-16(21-15-9-5-4-6-10-15)17(20)19(2)13-14-8-7-11-18-12-14/h4-12,16H,3,13H2,1-2H3/t16-/m0/s1. The summed E-state index contributed by atoms with van der Waals surface area (Å²) in [5.41, 5.74) is 1.00. The summed E-state index contributed by atoms with van der Waals surface area (Å²) >= 11 is 0. The summed E-state index contributed by atoms with van der Waals surface area (Å²) < 4.78 is 5.78. The lowest BCUT2D eigenvalue weighted by Gasteiger charge is -2.23. The van der Waals surface area contributed by atoms with Crippen LogP contribution in [0.3, 0.4) is 0 Å². The molecular formula is C17H20N2O2. The molecule has 2 aromatic rings. The van der Waals surface area contributed by atoms with E-state index in [4.69, 9.17) is 4.74 Å². The number of carbonyl (C=O) groups is 1. The molecule has 0 spiro atoms. The van der Waals surface area contributed by atoms with Crippen molar-refractivity contribution in [3.8, 4) is 5.75 Å². The van der Waals surface area contributed by atoms with Crippen LogP contribution in [0.5, 0.6) is 5.75 Å². The molecule has 0 saturated carbocycles. The maximum absolute atomic E-state index is 12.5. The average molecular weight is 284 g/mol. The Morgan fingerprint density at radius 1 is 1.24 bits per heavy atom. The SMILES string of the molecule is CC[C@H](Oc1ccccc1)C(=O)N(C)Cc1cccnc1. The molecule has 1 heterocycles. The van der Waals surface area contributed by atoms with Gasteiger partial charge < -0.3 is 9.64 Å². The first-order valence-electron chi connectivity index (χ1n) is 7.06. The highest BCUT2D eigenvalue weighted by molar-refractivity contribution is 5.81. The van der Waals surface area contributed by atoms with Crippen molar-refractivity contribution in [1.29, 1.82) is 0 Å². The predicted octanol–water partition coefficient (Wildman–Crippen LogP) is 2.90. The molecule has 1 amide bonds. The molecule has 21 heavy (non-hydrogen) atoms. The first-order valence-corrected chi connectivity index (χ1v) is 7.06. The fraction of sp³-hybridized carbons (Fsp3) is 0.294. The van der Waals surface area contributed by atoms with Crippen LogP contribution in [0.1, 0.15) is 18.9 Å². The highest BCUT2D eigenvalue weighted by Gasteiger charge is 2.22. The van der Waals surface area contributed by atoms with Crippen LogP contribution in [0.15, 0.2) is 54.9 Å². The smallest absolute Gasteiger partial charge is 0.263 e. The molecule has 0 bridgehead atoms. The minimum absolute atomic E-state index is 0.0230. The molecule has 1 aromatic heterocycles. The fourth-order valence-corrected chi connectivity index (χ4v) is 2.06. The first-order chi connectivity index (χ1) is 10.2. The van der Waals surface area contributed by atoms with Crippen molar-refractivity contribution in [3.05, 3.63) is 60.4 Å². The van der Waals surface area contributed by atoms with Crippen molar-refractivity contribution in [1.82, 2.24) is 9.88 Å². The normalized spacial score (nSPS) is 11.7. The van der Waals surface area contributed by atoms with Gasteiger partial charge in [0.25, 0.3) is 5.91 Å². The number of ether oxygens (including phenoxy) is 1. The number of pyridine rings is 1. The van der Waals surface area contributed by atoms with Crippen molar-refractivity contribution in [2.45, 2.75) is 26.0 Å². The van der Waals surface area contributed by atoms with Gasteiger partial charge in [-0.2, -0.15) is 0 Å². The van der Waals surface area contributed by atoms with Crippen LogP contribution in [0.25, 0.3) is 0 Å². The Morgan fingerprint density at radius 3 is 2.62 bits per heavy atom. The Bertz CT molecular complexity index is 558. The van der Waals surface area contributed by atoms with Crippen molar-refractivity contribution in [2.24, 2.45) is 0 Å². The van der Waals surface area contributed by atoms with Crippen molar-refractivity contribution >= 4 is 5.91 Å². The predicted molar refractivity (Wildman–Crippen MR) is 81.9 cm³/mol. The van der Waals surface area contributed by atoms with Crippen molar-refractivity contribution < 1.29 is 9.53 Å². The third-order valence-electron chi connectivity index (χ3n) is 3.19. The Hall–Kier alpha value is -2.36. The zero-order valence-corrected chi connectivity index (χ0v) is 12.4. The lowest BCUT2D eigenvalue weighted by Crippen LogP contribution is -2.39. The molecule has 110 valence electrons. The van der Waals surface area contributed by atoms with E-state index in [9.17, 15) is 4.79 Å².